The Bertz CT molecular complexity index is 520. The average molecular weight is 345 g/mol. The van der Waals surface area contributed by atoms with Crippen molar-refractivity contribution in [3.8, 4) is 0 Å². The maximum Gasteiger partial charge on any atom is 0.106 e. The highest BCUT2D eigenvalue weighted by atomic mass is 79.9. The maximum absolute atomic E-state index is 5.70. The van der Waals surface area contributed by atoms with Crippen LogP contribution < -0.4 is 0 Å². The van der Waals surface area contributed by atoms with Gasteiger partial charge in [-0.15, -0.1) is 0 Å². The Kier molecular flexibility index (Phi) is 6.36. The van der Waals surface area contributed by atoms with Gasteiger partial charge in [0.15, 0.2) is 0 Å². The van der Waals surface area contributed by atoms with E-state index >= 15 is 0 Å². The maximum atomic E-state index is 5.70. The Balaban J connectivity index is 0.000000550. The van der Waals surface area contributed by atoms with E-state index in [4.69, 9.17) is 4.74 Å². The topological polar surface area (TPSA) is 37.9 Å². The fourth-order valence-corrected chi connectivity index (χ4v) is 1.74. The van der Waals surface area contributed by atoms with Crippen LogP contribution in [0.25, 0.3) is 11.0 Å². The van der Waals surface area contributed by atoms with Crippen molar-refractivity contribution in [2.75, 3.05) is 12.5 Å². The molecular weight excluding hydrogens is 324 g/mol. The molecule has 0 fully saturated rings. The van der Waals surface area contributed by atoms with E-state index in [0.717, 1.165) is 21.3 Å². The van der Waals surface area contributed by atoms with Gasteiger partial charge in [0.1, 0.15) is 4.60 Å². The molecule has 0 bridgehead atoms. The Morgan fingerprint density at radius 3 is 2.53 bits per heavy atom. The third kappa shape index (κ3) is 5.97. The van der Waals surface area contributed by atoms with Crippen LogP contribution in [0.1, 0.15) is 26.5 Å². The second-order valence-corrected chi connectivity index (χ2v) is 6.80. The van der Waals surface area contributed by atoms with Crippen molar-refractivity contribution in [1.82, 2.24) is 9.97 Å². The van der Waals surface area contributed by atoms with Crippen LogP contribution >= 0.6 is 27.7 Å². The number of nitrogens with zero attached hydrogens (tertiary/aromatic N) is 1. The normalized spacial score (nSPS) is 11.3. The molecule has 106 valence electrons. The van der Waals surface area contributed by atoms with Gasteiger partial charge >= 0.3 is 0 Å². The van der Waals surface area contributed by atoms with Gasteiger partial charge in [-0.1, -0.05) is 0 Å². The van der Waals surface area contributed by atoms with Gasteiger partial charge in [-0.3, -0.25) is 0 Å². The third-order valence-electron chi connectivity index (χ3n) is 2.16. The number of pyridine rings is 1. The summed E-state index contributed by atoms with van der Waals surface area (Å²) in [5, 5.41) is 0. The van der Waals surface area contributed by atoms with Crippen LogP contribution in [0.15, 0.2) is 22.8 Å². The van der Waals surface area contributed by atoms with Crippen LogP contribution in [0, 0.1) is 0 Å². The minimum atomic E-state index is -0.120. The third-order valence-corrected chi connectivity index (χ3v) is 2.60. The van der Waals surface area contributed by atoms with Gasteiger partial charge in [0.05, 0.1) is 23.2 Å². The molecule has 5 heteroatoms. The Labute approximate surface area is 127 Å². The first kappa shape index (κ1) is 16.5. The zero-order chi connectivity index (χ0) is 14.5. The van der Waals surface area contributed by atoms with Gasteiger partial charge in [0.25, 0.3) is 0 Å². The first-order valence-corrected chi connectivity index (χ1v) is 8.46. The first-order chi connectivity index (χ1) is 8.85. The van der Waals surface area contributed by atoms with Crippen molar-refractivity contribution < 1.29 is 4.74 Å². The number of rotatable bonds is 2. The van der Waals surface area contributed by atoms with Gasteiger partial charge in [-0.2, -0.15) is 11.8 Å². The minimum Gasteiger partial charge on any atom is -0.370 e. The molecule has 0 saturated heterocycles. The van der Waals surface area contributed by atoms with Crippen molar-refractivity contribution >= 4 is 38.7 Å². The van der Waals surface area contributed by atoms with Crippen molar-refractivity contribution in [2.45, 2.75) is 33.0 Å². The number of hydrogen-bond acceptors (Lipinski definition) is 3. The monoisotopic (exact) mass is 344 g/mol. The molecule has 19 heavy (non-hydrogen) atoms. The van der Waals surface area contributed by atoms with Crippen LogP contribution in [-0.2, 0) is 11.3 Å². The summed E-state index contributed by atoms with van der Waals surface area (Å²) in [7, 11) is 0. The van der Waals surface area contributed by atoms with E-state index in [0.29, 0.717) is 6.61 Å². The highest BCUT2D eigenvalue weighted by Gasteiger charge is 2.11. The Hall–Kier alpha value is -0.520. The smallest absolute Gasteiger partial charge is 0.106 e. The van der Waals surface area contributed by atoms with Gasteiger partial charge in [-0.25, -0.2) is 4.98 Å². The van der Waals surface area contributed by atoms with E-state index in [9.17, 15) is 0 Å². The number of hydrogen-bond donors (Lipinski definition) is 1. The SMILES string of the molecule is CC(C)(C)OCc1cc2nc(Br)ccc2[nH]1.CSC. The van der Waals surface area contributed by atoms with Crippen molar-refractivity contribution in [3.63, 3.8) is 0 Å². The highest BCUT2D eigenvalue weighted by molar-refractivity contribution is 9.10. The quantitative estimate of drug-likeness (QED) is 0.807. The molecule has 0 amide bonds. The molecule has 1 N–H and O–H groups in total. The first-order valence-electron chi connectivity index (χ1n) is 6.04. The highest BCUT2D eigenvalue weighted by Crippen LogP contribution is 2.18. The second kappa shape index (κ2) is 7.31. The van der Waals surface area contributed by atoms with Crippen molar-refractivity contribution in [1.29, 1.82) is 0 Å². The zero-order valence-corrected chi connectivity index (χ0v) is 14.5. The predicted molar refractivity (Wildman–Crippen MR) is 87.8 cm³/mol. The van der Waals surface area contributed by atoms with Crippen LogP contribution in [0.3, 0.4) is 0 Å². The summed E-state index contributed by atoms with van der Waals surface area (Å²) in [5.41, 5.74) is 2.93. The molecule has 2 heterocycles. The standard InChI is InChI=1S/C12H15BrN2O.C2H6S/c1-12(2,3)16-7-8-6-10-9(14-8)4-5-11(13)15-10;1-3-2/h4-6,14H,7H2,1-3H3;1-2H3. The average Bonchev–Trinajstić information content (AvgIpc) is 2.68. The van der Waals surface area contributed by atoms with E-state index < -0.39 is 0 Å². The van der Waals surface area contributed by atoms with Gasteiger partial charge in [-0.05, 0) is 67.4 Å². The lowest BCUT2D eigenvalue weighted by molar-refractivity contribution is -0.0162. The molecule has 0 aliphatic heterocycles. The Morgan fingerprint density at radius 2 is 1.95 bits per heavy atom. The summed E-state index contributed by atoms with van der Waals surface area (Å²) in [6, 6.07) is 5.95. The van der Waals surface area contributed by atoms with Crippen LogP contribution in [0.5, 0.6) is 0 Å². The number of aromatic nitrogens is 2. The van der Waals surface area contributed by atoms with E-state index in [1.165, 1.54) is 0 Å². The summed E-state index contributed by atoms with van der Waals surface area (Å²) in [5.74, 6) is 0. The van der Waals surface area contributed by atoms with Crippen LogP contribution in [0.4, 0.5) is 0 Å². The minimum absolute atomic E-state index is 0.120. The van der Waals surface area contributed by atoms with Gasteiger partial charge in [0.2, 0.25) is 0 Å². The fraction of sp³-hybridized carbons (Fsp3) is 0.500. The van der Waals surface area contributed by atoms with E-state index in [2.05, 4.69) is 25.9 Å². The number of H-pyrrole nitrogens is 1. The molecule has 0 spiro atoms. The fourth-order valence-electron chi connectivity index (χ4n) is 1.41. The summed E-state index contributed by atoms with van der Waals surface area (Å²) in [6.45, 7) is 6.72. The number of thioether (sulfide) groups is 1. The van der Waals surface area contributed by atoms with E-state index in [1.807, 2.05) is 51.5 Å². The molecule has 0 aromatic carbocycles. The van der Waals surface area contributed by atoms with Gasteiger partial charge in [0, 0.05) is 5.69 Å². The summed E-state index contributed by atoms with van der Waals surface area (Å²) in [4.78, 5) is 7.66. The predicted octanol–water partition coefficient (Wildman–Crippen LogP) is 4.62. The molecular formula is C14H21BrN2OS. The van der Waals surface area contributed by atoms with Gasteiger partial charge < -0.3 is 9.72 Å². The molecule has 0 radical (unpaired) electrons. The second-order valence-electron chi connectivity index (χ2n) is 5.17. The number of aromatic amines is 1. The number of nitrogens with one attached hydrogen (secondary N) is 1. The summed E-state index contributed by atoms with van der Waals surface area (Å²) >= 11 is 5.11. The van der Waals surface area contributed by atoms with Crippen LogP contribution in [0.2, 0.25) is 0 Å². The van der Waals surface area contributed by atoms with E-state index in [1.54, 1.807) is 11.8 Å². The number of fused-ring (bicyclic) bond motifs is 1. The molecule has 0 saturated carbocycles. The Morgan fingerprint density at radius 1 is 1.32 bits per heavy atom. The number of ether oxygens (including phenoxy) is 1. The zero-order valence-electron chi connectivity index (χ0n) is 12.1. The molecule has 2 rings (SSSR count). The molecule has 3 nitrogen and oxygen atoms in total. The summed E-state index contributed by atoms with van der Waals surface area (Å²) in [6.07, 6.45) is 4.08. The number of halogens is 1. The van der Waals surface area contributed by atoms with Crippen LogP contribution in [-0.4, -0.2) is 28.1 Å². The molecule has 2 aromatic rings. The molecule has 0 aliphatic carbocycles. The molecule has 0 unspecified atom stereocenters. The van der Waals surface area contributed by atoms with Crippen molar-refractivity contribution in [3.05, 3.63) is 28.5 Å². The van der Waals surface area contributed by atoms with E-state index in [-0.39, 0.29) is 5.60 Å². The lowest BCUT2D eigenvalue weighted by Gasteiger charge is -2.18. The lowest BCUT2D eigenvalue weighted by atomic mass is 10.2. The molecule has 2 aromatic heterocycles. The molecule has 0 atom stereocenters. The largest absolute Gasteiger partial charge is 0.370 e. The van der Waals surface area contributed by atoms with Crippen molar-refractivity contribution in [2.24, 2.45) is 0 Å². The lowest BCUT2D eigenvalue weighted by Crippen LogP contribution is -2.18. The molecule has 0 aliphatic rings. The summed E-state index contributed by atoms with van der Waals surface area (Å²) < 4.78 is 6.55.